The van der Waals surface area contributed by atoms with Gasteiger partial charge < -0.3 is 10.1 Å². The number of rotatable bonds is 2. The summed E-state index contributed by atoms with van der Waals surface area (Å²) < 4.78 is 5.65. The number of nitrogens with zero attached hydrogens (tertiary/aromatic N) is 1. The van der Waals surface area contributed by atoms with Crippen molar-refractivity contribution in [3.63, 3.8) is 0 Å². The quantitative estimate of drug-likeness (QED) is 0.741. The Morgan fingerprint density at radius 1 is 1.20 bits per heavy atom. The van der Waals surface area contributed by atoms with Gasteiger partial charge in [0.05, 0.1) is 6.10 Å². The van der Waals surface area contributed by atoms with Crippen LogP contribution in [0.1, 0.15) is 26.7 Å². The lowest BCUT2D eigenvalue weighted by molar-refractivity contribution is 0.0475. The van der Waals surface area contributed by atoms with E-state index in [1.54, 1.807) is 0 Å². The SMILES string of the molecule is CC1CCNCC1N(C)C1CCOC1C. The minimum atomic E-state index is 0.407. The maximum atomic E-state index is 5.65. The van der Waals surface area contributed by atoms with E-state index in [1.807, 2.05) is 0 Å². The van der Waals surface area contributed by atoms with Gasteiger partial charge >= 0.3 is 0 Å². The zero-order valence-corrected chi connectivity index (χ0v) is 10.2. The number of hydrogen-bond donors (Lipinski definition) is 1. The molecule has 2 saturated heterocycles. The van der Waals surface area contributed by atoms with Gasteiger partial charge in [0.15, 0.2) is 0 Å². The lowest BCUT2D eigenvalue weighted by Gasteiger charge is -2.40. The zero-order valence-electron chi connectivity index (χ0n) is 10.2. The van der Waals surface area contributed by atoms with Crippen LogP contribution in [-0.2, 0) is 4.74 Å². The number of nitrogens with one attached hydrogen (secondary N) is 1. The van der Waals surface area contributed by atoms with E-state index in [0.29, 0.717) is 18.2 Å². The highest BCUT2D eigenvalue weighted by Crippen LogP contribution is 2.25. The Morgan fingerprint density at radius 2 is 2.00 bits per heavy atom. The predicted molar refractivity (Wildman–Crippen MR) is 62.0 cm³/mol. The first-order valence-electron chi connectivity index (χ1n) is 6.24. The lowest BCUT2D eigenvalue weighted by atomic mass is 9.92. The largest absolute Gasteiger partial charge is 0.377 e. The van der Waals surface area contributed by atoms with Gasteiger partial charge in [0, 0.05) is 25.2 Å². The first kappa shape index (κ1) is 11.4. The van der Waals surface area contributed by atoms with E-state index in [1.165, 1.54) is 19.4 Å². The second-order valence-electron chi connectivity index (χ2n) is 5.13. The number of piperidine rings is 1. The average molecular weight is 212 g/mol. The monoisotopic (exact) mass is 212 g/mol. The summed E-state index contributed by atoms with van der Waals surface area (Å²) >= 11 is 0. The van der Waals surface area contributed by atoms with Crippen LogP contribution >= 0.6 is 0 Å². The maximum absolute atomic E-state index is 5.65. The number of hydrogen-bond acceptors (Lipinski definition) is 3. The van der Waals surface area contributed by atoms with Gasteiger partial charge in [-0.05, 0) is 39.3 Å². The number of ether oxygens (including phenoxy) is 1. The van der Waals surface area contributed by atoms with E-state index in [2.05, 4.69) is 31.1 Å². The van der Waals surface area contributed by atoms with Crippen LogP contribution in [-0.4, -0.2) is 49.8 Å². The first-order valence-corrected chi connectivity index (χ1v) is 6.24. The van der Waals surface area contributed by atoms with E-state index in [0.717, 1.165) is 19.1 Å². The van der Waals surface area contributed by atoms with Crippen LogP contribution < -0.4 is 5.32 Å². The zero-order chi connectivity index (χ0) is 10.8. The van der Waals surface area contributed by atoms with E-state index in [4.69, 9.17) is 4.74 Å². The highest BCUT2D eigenvalue weighted by molar-refractivity contribution is 4.89. The van der Waals surface area contributed by atoms with Gasteiger partial charge in [-0.2, -0.15) is 0 Å². The van der Waals surface area contributed by atoms with Crippen LogP contribution in [0.3, 0.4) is 0 Å². The molecular formula is C12H24N2O. The molecule has 0 amide bonds. The number of likely N-dealkylation sites (N-methyl/N-ethyl adjacent to an activating group) is 1. The van der Waals surface area contributed by atoms with Crippen molar-refractivity contribution in [1.29, 1.82) is 0 Å². The van der Waals surface area contributed by atoms with Crippen molar-refractivity contribution in [2.24, 2.45) is 5.92 Å². The summed E-state index contributed by atoms with van der Waals surface area (Å²) in [6.45, 7) is 7.84. The molecular weight excluding hydrogens is 188 g/mol. The Bertz CT molecular complexity index is 210. The Morgan fingerprint density at radius 3 is 2.60 bits per heavy atom. The van der Waals surface area contributed by atoms with Crippen LogP contribution in [0.4, 0.5) is 0 Å². The summed E-state index contributed by atoms with van der Waals surface area (Å²) in [6.07, 6.45) is 2.90. The van der Waals surface area contributed by atoms with E-state index in [-0.39, 0.29) is 0 Å². The molecule has 0 saturated carbocycles. The van der Waals surface area contributed by atoms with E-state index < -0.39 is 0 Å². The van der Waals surface area contributed by atoms with Gasteiger partial charge in [-0.3, -0.25) is 4.90 Å². The molecule has 88 valence electrons. The molecule has 1 N–H and O–H groups in total. The minimum Gasteiger partial charge on any atom is -0.377 e. The highest BCUT2D eigenvalue weighted by atomic mass is 16.5. The molecule has 2 aliphatic heterocycles. The third-order valence-electron chi connectivity index (χ3n) is 4.17. The third-order valence-corrected chi connectivity index (χ3v) is 4.17. The second-order valence-corrected chi connectivity index (χ2v) is 5.13. The molecule has 0 aromatic rings. The van der Waals surface area contributed by atoms with Crippen molar-refractivity contribution in [1.82, 2.24) is 10.2 Å². The molecule has 3 heteroatoms. The molecule has 0 spiro atoms. The first-order chi connectivity index (χ1) is 7.20. The van der Waals surface area contributed by atoms with Crippen LogP contribution in [0.5, 0.6) is 0 Å². The molecule has 0 aromatic heterocycles. The maximum Gasteiger partial charge on any atom is 0.0703 e. The van der Waals surface area contributed by atoms with Crippen molar-refractivity contribution >= 4 is 0 Å². The fourth-order valence-corrected chi connectivity index (χ4v) is 3.02. The topological polar surface area (TPSA) is 24.5 Å². The minimum absolute atomic E-state index is 0.407. The summed E-state index contributed by atoms with van der Waals surface area (Å²) in [5.74, 6) is 0.809. The van der Waals surface area contributed by atoms with Crippen molar-refractivity contribution < 1.29 is 4.74 Å². The summed E-state index contributed by atoms with van der Waals surface area (Å²) in [6, 6.07) is 1.31. The van der Waals surface area contributed by atoms with Gasteiger partial charge in [0.25, 0.3) is 0 Å². The molecule has 0 aliphatic carbocycles. The lowest BCUT2D eigenvalue weighted by Crippen LogP contribution is -2.53. The molecule has 2 aliphatic rings. The Balaban J connectivity index is 1.96. The van der Waals surface area contributed by atoms with Gasteiger partial charge in [0.1, 0.15) is 0 Å². The molecule has 0 radical (unpaired) electrons. The van der Waals surface area contributed by atoms with Gasteiger partial charge in [0.2, 0.25) is 0 Å². The summed E-state index contributed by atoms with van der Waals surface area (Å²) in [7, 11) is 2.27. The molecule has 0 aromatic carbocycles. The highest BCUT2D eigenvalue weighted by Gasteiger charge is 2.34. The summed E-state index contributed by atoms with van der Waals surface area (Å²) in [5, 5.41) is 3.50. The molecule has 2 heterocycles. The fourth-order valence-electron chi connectivity index (χ4n) is 3.02. The molecule has 2 fully saturated rings. The molecule has 15 heavy (non-hydrogen) atoms. The molecule has 3 nitrogen and oxygen atoms in total. The predicted octanol–water partition coefficient (Wildman–Crippen LogP) is 1.09. The second kappa shape index (κ2) is 4.81. The summed E-state index contributed by atoms with van der Waals surface area (Å²) in [5.41, 5.74) is 0. The van der Waals surface area contributed by atoms with Crippen molar-refractivity contribution in [2.45, 2.75) is 44.9 Å². The smallest absolute Gasteiger partial charge is 0.0703 e. The molecule has 0 bridgehead atoms. The van der Waals surface area contributed by atoms with Crippen LogP contribution in [0.25, 0.3) is 0 Å². The van der Waals surface area contributed by atoms with E-state index in [9.17, 15) is 0 Å². The van der Waals surface area contributed by atoms with E-state index >= 15 is 0 Å². The third kappa shape index (κ3) is 2.35. The standard InChI is InChI=1S/C12H24N2O/c1-9-4-6-13-8-12(9)14(3)11-5-7-15-10(11)2/h9-13H,4-8H2,1-3H3. The van der Waals surface area contributed by atoms with Crippen LogP contribution in [0, 0.1) is 5.92 Å². The molecule has 4 unspecified atom stereocenters. The van der Waals surface area contributed by atoms with Crippen LogP contribution in [0.2, 0.25) is 0 Å². The van der Waals surface area contributed by atoms with Crippen molar-refractivity contribution in [2.75, 3.05) is 26.7 Å². The Kier molecular flexibility index (Phi) is 3.65. The Labute approximate surface area is 93.2 Å². The average Bonchev–Trinajstić information content (AvgIpc) is 2.64. The van der Waals surface area contributed by atoms with Gasteiger partial charge in [-0.25, -0.2) is 0 Å². The van der Waals surface area contributed by atoms with Gasteiger partial charge in [-0.15, -0.1) is 0 Å². The molecule has 4 atom stereocenters. The normalized spacial score (nSPS) is 42.4. The fraction of sp³-hybridized carbons (Fsp3) is 1.00. The molecule has 2 rings (SSSR count). The van der Waals surface area contributed by atoms with Gasteiger partial charge in [-0.1, -0.05) is 6.92 Å². The van der Waals surface area contributed by atoms with Crippen molar-refractivity contribution in [3.8, 4) is 0 Å². The summed E-state index contributed by atoms with van der Waals surface area (Å²) in [4.78, 5) is 2.55. The van der Waals surface area contributed by atoms with Crippen molar-refractivity contribution in [3.05, 3.63) is 0 Å². The Hall–Kier alpha value is -0.120. The van der Waals surface area contributed by atoms with Crippen LogP contribution in [0.15, 0.2) is 0 Å².